The number of nitrogens with zero attached hydrogens (tertiary/aromatic N) is 2. The van der Waals surface area contributed by atoms with Crippen molar-refractivity contribution in [2.45, 2.75) is 13.0 Å². The molecule has 8 heteroatoms. The maximum atomic E-state index is 6.22. The Balaban J connectivity index is 1.59. The van der Waals surface area contributed by atoms with Crippen molar-refractivity contribution in [2.75, 3.05) is 51.8 Å². The molecule has 28 heavy (non-hydrogen) atoms. The predicted molar refractivity (Wildman–Crippen MR) is 115 cm³/mol. The van der Waals surface area contributed by atoms with Gasteiger partial charge >= 0.3 is 0 Å². The van der Waals surface area contributed by atoms with Gasteiger partial charge in [-0.25, -0.2) is 0 Å². The van der Waals surface area contributed by atoms with Gasteiger partial charge < -0.3 is 24.1 Å². The molecule has 0 atom stereocenters. The summed E-state index contributed by atoms with van der Waals surface area (Å²) in [4.78, 5) is 4.54. The van der Waals surface area contributed by atoms with Crippen LogP contribution in [0.3, 0.4) is 0 Å². The van der Waals surface area contributed by atoms with Gasteiger partial charge in [-0.05, 0) is 49.0 Å². The Morgan fingerprint density at radius 3 is 2.82 bits per heavy atom. The van der Waals surface area contributed by atoms with Gasteiger partial charge in [-0.3, -0.25) is 4.90 Å². The number of benzene rings is 1. The van der Waals surface area contributed by atoms with Crippen LogP contribution in [0.15, 0.2) is 41.0 Å². The number of furan rings is 1. The zero-order valence-electron chi connectivity index (χ0n) is 16.0. The van der Waals surface area contributed by atoms with Crippen molar-refractivity contribution in [3.63, 3.8) is 0 Å². The van der Waals surface area contributed by atoms with E-state index in [1.54, 1.807) is 13.4 Å². The smallest absolute Gasteiger partial charge is 0.173 e. The van der Waals surface area contributed by atoms with Crippen molar-refractivity contribution in [1.29, 1.82) is 0 Å². The minimum Gasteiger partial charge on any atom is -0.495 e. The lowest BCUT2D eigenvalue weighted by molar-refractivity contribution is 0.0367. The van der Waals surface area contributed by atoms with E-state index in [9.17, 15) is 0 Å². The Kier molecular flexibility index (Phi) is 7.97. The number of hydrogen-bond donors (Lipinski definition) is 1. The summed E-state index contributed by atoms with van der Waals surface area (Å²) >= 11 is 11.9. The highest BCUT2D eigenvalue weighted by Crippen LogP contribution is 2.27. The van der Waals surface area contributed by atoms with Crippen LogP contribution in [-0.4, -0.2) is 61.4 Å². The Hall–Kier alpha value is -1.80. The number of methoxy groups -OCH3 is 1. The normalized spacial score (nSPS) is 14.6. The van der Waals surface area contributed by atoms with Gasteiger partial charge in [-0.1, -0.05) is 11.6 Å². The molecule has 2 heterocycles. The molecule has 0 unspecified atom stereocenters. The van der Waals surface area contributed by atoms with Crippen LogP contribution in [0.25, 0.3) is 0 Å². The molecule has 0 radical (unpaired) electrons. The SMILES string of the molecule is COc1ccc(NC(=S)N(CCCN2CCOCC2)Cc2ccco2)cc1Cl. The van der Waals surface area contributed by atoms with E-state index >= 15 is 0 Å². The Morgan fingerprint density at radius 1 is 1.32 bits per heavy atom. The van der Waals surface area contributed by atoms with E-state index in [0.29, 0.717) is 22.4 Å². The Bertz CT molecular complexity index is 751. The van der Waals surface area contributed by atoms with Gasteiger partial charge in [0.25, 0.3) is 0 Å². The minimum atomic E-state index is 0.542. The molecular weight excluding hydrogens is 398 g/mol. The molecule has 2 aromatic rings. The third-order valence-electron chi connectivity index (χ3n) is 4.62. The molecule has 1 aromatic carbocycles. The maximum absolute atomic E-state index is 6.22. The second-order valence-electron chi connectivity index (χ2n) is 6.59. The summed E-state index contributed by atoms with van der Waals surface area (Å²) < 4.78 is 16.1. The van der Waals surface area contributed by atoms with E-state index in [1.807, 2.05) is 30.3 Å². The third-order valence-corrected chi connectivity index (χ3v) is 5.28. The zero-order valence-corrected chi connectivity index (χ0v) is 17.6. The maximum Gasteiger partial charge on any atom is 0.173 e. The monoisotopic (exact) mass is 423 g/mol. The number of anilines is 1. The summed E-state index contributed by atoms with van der Waals surface area (Å²) in [7, 11) is 1.60. The fraction of sp³-hybridized carbons (Fsp3) is 0.450. The van der Waals surface area contributed by atoms with Crippen LogP contribution in [0.5, 0.6) is 5.75 Å². The van der Waals surface area contributed by atoms with Gasteiger partial charge in [0.05, 0.1) is 38.2 Å². The highest BCUT2D eigenvalue weighted by atomic mass is 35.5. The van der Waals surface area contributed by atoms with E-state index in [-0.39, 0.29) is 0 Å². The first-order chi connectivity index (χ1) is 13.7. The number of nitrogens with one attached hydrogen (secondary N) is 1. The molecular formula is C20H26ClN3O3S. The minimum absolute atomic E-state index is 0.542. The highest BCUT2D eigenvalue weighted by Gasteiger charge is 2.15. The van der Waals surface area contributed by atoms with Crippen LogP contribution in [0, 0.1) is 0 Å². The van der Waals surface area contributed by atoms with E-state index in [4.69, 9.17) is 37.7 Å². The summed E-state index contributed by atoms with van der Waals surface area (Å²) in [5, 5.41) is 4.46. The molecule has 0 aliphatic carbocycles. The van der Waals surface area contributed by atoms with Crippen molar-refractivity contribution in [3.8, 4) is 5.75 Å². The van der Waals surface area contributed by atoms with E-state index in [2.05, 4.69) is 15.1 Å². The first kappa shape index (κ1) is 20.9. The van der Waals surface area contributed by atoms with Crippen molar-refractivity contribution in [2.24, 2.45) is 0 Å². The predicted octanol–water partition coefficient (Wildman–Crippen LogP) is 3.86. The van der Waals surface area contributed by atoms with Crippen LogP contribution in [0.4, 0.5) is 5.69 Å². The van der Waals surface area contributed by atoms with Crippen molar-refractivity contribution in [3.05, 3.63) is 47.4 Å². The average Bonchev–Trinajstić information content (AvgIpc) is 3.21. The first-order valence-electron chi connectivity index (χ1n) is 9.37. The van der Waals surface area contributed by atoms with Crippen LogP contribution in [-0.2, 0) is 11.3 Å². The average molecular weight is 424 g/mol. The number of halogens is 1. The number of morpholine rings is 1. The Labute approximate surface area is 176 Å². The van der Waals surface area contributed by atoms with Crippen LogP contribution in [0.1, 0.15) is 12.2 Å². The zero-order chi connectivity index (χ0) is 19.8. The molecule has 1 aliphatic heterocycles. The molecule has 1 fully saturated rings. The molecule has 0 spiro atoms. The fourth-order valence-corrected chi connectivity index (χ4v) is 3.63. The van der Waals surface area contributed by atoms with E-state index in [1.165, 1.54) is 0 Å². The van der Waals surface area contributed by atoms with Gasteiger partial charge in [0.15, 0.2) is 5.11 Å². The van der Waals surface area contributed by atoms with Crippen molar-refractivity contribution in [1.82, 2.24) is 9.80 Å². The number of thiocarbonyl (C=S) groups is 1. The first-order valence-corrected chi connectivity index (χ1v) is 10.2. The fourth-order valence-electron chi connectivity index (χ4n) is 3.10. The summed E-state index contributed by atoms with van der Waals surface area (Å²) in [6, 6.07) is 9.38. The lowest BCUT2D eigenvalue weighted by atomic mass is 10.3. The number of hydrogen-bond acceptors (Lipinski definition) is 5. The summed E-state index contributed by atoms with van der Waals surface area (Å²) in [6.45, 7) is 6.08. The summed E-state index contributed by atoms with van der Waals surface area (Å²) in [5.41, 5.74) is 0.827. The summed E-state index contributed by atoms with van der Waals surface area (Å²) in [5.74, 6) is 1.51. The second kappa shape index (κ2) is 10.7. The largest absolute Gasteiger partial charge is 0.495 e. The topological polar surface area (TPSA) is 50.1 Å². The number of ether oxygens (including phenoxy) is 2. The standard InChI is InChI=1S/C20H26ClN3O3S/c1-25-19-6-5-16(14-18(19)21)22-20(28)24(15-17-4-2-11-27-17)8-3-7-23-9-12-26-13-10-23/h2,4-6,11,14H,3,7-10,12-13,15H2,1H3,(H,22,28). The van der Waals surface area contributed by atoms with E-state index in [0.717, 1.165) is 57.3 Å². The van der Waals surface area contributed by atoms with Gasteiger partial charge in [-0.15, -0.1) is 0 Å². The molecule has 1 N–H and O–H groups in total. The van der Waals surface area contributed by atoms with E-state index < -0.39 is 0 Å². The third kappa shape index (κ3) is 6.10. The van der Waals surface area contributed by atoms with Gasteiger partial charge in [0.1, 0.15) is 11.5 Å². The van der Waals surface area contributed by atoms with Crippen LogP contribution < -0.4 is 10.1 Å². The van der Waals surface area contributed by atoms with Crippen molar-refractivity contribution >= 4 is 34.6 Å². The molecule has 1 aromatic heterocycles. The van der Waals surface area contributed by atoms with Gasteiger partial charge in [0.2, 0.25) is 0 Å². The number of rotatable bonds is 8. The van der Waals surface area contributed by atoms with Gasteiger partial charge in [-0.2, -0.15) is 0 Å². The molecule has 0 bridgehead atoms. The molecule has 6 nitrogen and oxygen atoms in total. The molecule has 1 saturated heterocycles. The molecule has 1 aliphatic rings. The lowest BCUT2D eigenvalue weighted by Crippen LogP contribution is -2.39. The summed E-state index contributed by atoms with van der Waals surface area (Å²) in [6.07, 6.45) is 2.69. The molecule has 0 saturated carbocycles. The van der Waals surface area contributed by atoms with Gasteiger partial charge in [0, 0.05) is 31.9 Å². The quantitative estimate of drug-likeness (QED) is 0.647. The van der Waals surface area contributed by atoms with Crippen molar-refractivity contribution < 1.29 is 13.9 Å². The molecule has 0 amide bonds. The van der Waals surface area contributed by atoms with Crippen LogP contribution in [0.2, 0.25) is 5.02 Å². The Morgan fingerprint density at radius 2 is 2.14 bits per heavy atom. The lowest BCUT2D eigenvalue weighted by Gasteiger charge is -2.29. The highest BCUT2D eigenvalue weighted by molar-refractivity contribution is 7.80. The van der Waals surface area contributed by atoms with Crippen LogP contribution >= 0.6 is 23.8 Å². The molecule has 3 rings (SSSR count). The molecule has 152 valence electrons. The second-order valence-corrected chi connectivity index (χ2v) is 7.38.